The third-order valence-electron chi connectivity index (χ3n) is 7.49. The zero-order valence-electron chi connectivity index (χ0n) is 16.8. The zero-order valence-corrected chi connectivity index (χ0v) is 16.8. The minimum absolute atomic E-state index is 0.806. The van der Waals surface area contributed by atoms with Crippen LogP contribution in [0.3, 0.4) is 0 Å². The fraction of sp³-hybridized carbons (Fsp3) is 0.615. The lowest BCUT2D eigenvalue weighted by atomic mass is 9.76. The third kappa shape index (κ3) is 4.16. The molecule has 0 aliphatic heterocycles. The van der Waals surface area contributed by atoms with E-state index in [-0.39, 0.29) is 0 Å². The van der Waals surface area contributed by atoms with E-state index >= 15 is 0 Å². The predicted octanol–water partition coefficient (Wildman–Crippen LogP) is 7.91. The molecule has 0 atom stereocenters. The summed E-state index contributed by atoms with van der Waals surface area (Å²) in [5.41, 5.74) is 6.30. The number of hydrogen-bond acceptors (Lipinski definition) is 0. The second kappa shape index (κ2) is 8.15. The van der Waals surface area contributed by atoms with Crippen LogP contribution in [0.5, 0.6) is 0 Å². The van der Waals surface area contributed by atoms with Crippen LogP contribution < -0.4 is 0 Å². The molecule has 3 aliphatic rings. The van der Waals surface area contributed by atoms with Gasteiger partial charge in [-0.2, -0.15) is 0 Å². The molecule has 3 aliphatic carbocycles. The molecule has 0 spiro atoms. The van der Waals surface area contributed by atoms with E-state index in [9.17, 15) is 0 Å². The number of hydrogen-bond donors (Lipinski definition) is 0. The van der Waals surface area contributed by atoms with Gasteiger partial charge in [-0.1, -0.05) is 81.5 Å². The van der Waals surface area contributed by atoms with Gasteiger partial charge in [0, 0.05) is 0 Å². The van der Waals surface area contributed by atoms with Crippen molar-refractivity contribution in [3.05, 3.63) is 53.1 Å². The molecule has 0 saturated heterocycles. The van der Waals surface area contributed by atoms with Gasteiger partial charge in [-0.25, -0.2) is 0 Å². The summed E-state index contributed by atoms with van der Waals surface area (Å²) in [6.07, 6.45) is 18.7. The van der Waals surface area contributed by atoms with Gasteiger partial charge >= 0.3 is 0 Å². The molecule has 0 amide bonds. The van der Waals surface area contributed by atoms with Crippen molar-refractivity contribution in [1.82, 2.24) is 0 Å². The van der Waals surface area contributed by atoms with Gasteiger partial charge in [0.15, 0.2) is 0 Å². The summed E-state index contributed by atoms with van der Waals surface area (Å²) in [6, 6.07) is 9.61. The molecule has 1 aromatic rings. The van der Waals surface area contributed by atoms with E-state index in [0.29, 0.717) is 0 Å². The summed E-state index contributed by atoms with van der Waals surface area (Å²) in [4.78, 5) is 0. The molecule has 0 nitrogen and oxygen atoms in total. The molecule has 2 saturated carbocycles. The van der Waals surface area contributed by atoms with Crippen LogP contribution in [-0.4, -0.2) is 0 Å². The largest absolute Gasteiger partial charge is 0.0668 e. The topological polar surface area (TPSA) is 0 Å². The minimum Gasteiger partial charge on any atom is -0.0668 e. The number of benzene rings is 1. The molecule has 0 heteroatoms. The van der Waals surface area contributed by atoms with E-state index in [4.69, 9.17) is 0 Å². The first-order valence-electron chi connectivity index (χ1n) is 11.2. The van der Waals surface area contributed by atoms with Crippen molar-refractivity contribution >= 4 is 5.57 Å². The van der Waals surface area contributed by atoms with Crippen molar-refractivity contribution in [3.8, 4) is 0 Å². The van der Waals surface area contributed by atoms with E-state index in [1.54, 1.807) is 16.7 Å². The van der Waals surface area contributed by atoms with Gasteiger partial charge in [0.1, 0.15) is 0 Å². The lowest BCUT2D eigenvalue weighted by Crippen LogP contribution is -2.15. The highest BCUT2D eigenvalue weighted by atomic mass is 14.3. The van der Waals surface area contributed by atoms with Crippen LogP contribution in [0.4, 0.5) is 0 Å². The Hall–Kier alpha value is -1.30. The predicted molar refractivity (Wildman–Crippen MR) is 113 cm³/mol. The summed E-state index contributed by atoms with van der Waals surface area (Å²) in [5.74, 6) is 3.57. The van der Waals surface area contributed by atoms with E-state index in [0.717, 1.165) is 23.7 Å². The van der Waals surface area contributed by atoms with Crippen LogP contribution in [0.25, 0.3) is 5.57 Å². The van der Waals surface area contributed by atoms with Crippen molar-refractivity contribution < 1.29 is 0 Å². The normalized spacial score (nSPS) is 32.7. The molecule has 4 rings (SSSR count). The van der Waals surface area contributed by atoms with Crippen molar-refractivity contribution in [3.63, 3.8) is 0 Å². The monoisotopic (exact) mass is 348 g/mol. The van der Waals surface area contributed by atoms with E-state index in [1.807, 2.05) is 0 Å². The quantitative estimate of drug-likeness (QED) is 0.520. The summed E-state index contributed by atoms with van der Waals surface area (Å²) in [6.45, 7) is 4.82. The van der Waals surface area contributed by atoms with Gasteiger partial charge < -0.3 is 0 Å². The Morgan fingerprint density at radius 2 is 1.19 bits per heavy atom. The maximum Gasteiger partial charge on any atom is -0.0162 e. The molecule has 0 N–H and O–H groups in total. The van der Waals surface area contributed by atoms with Crippen LogP contribution in [-0.2, 0) is 0 Å². The molecule has 2 fully saturated rings. The van der Waals surface area contributed by atoms with Crippen molar-refractivity contribution in [2.45, 2.75) is 84.0 Å². The lowest BCUT2D eigenvalue weighted by molar-refractivity contribution is 0.316. The van der Waals surface area contributed by atoms with Gasteiger partial charge in [-0.15, -0.1) is 0 Å². The molecule has 0 unspecified atom stereocenters. The highest BCUT2D eigenvalue weighted by molar-refractivity contribution is 5.69. The average Bonchev–Trinajstić information content (AvgIpc) is 2.70. The van der Waals surface area contributed by atoms with Crippen molar-refractivity contribution in [1.29, 1.82) is 0 Å². The smallest absolute Gasteiger partial charge is 0.0162 e. The molecule has 0 radical (unpaired) electrons. The molecular weight excluding hydrogens is 312 g/mol. The minimum atomic E-state index is 0.806. The standard InChI is InChI=1S/C26H36/c1-19-3-7-21(8-4-19)23-11-15-25(16-12-23)26-17-13-24(14-18-26)22-9-5-20(2)6-10-22/h11-13,15-17,19-22H,3-10,14,18H2,1-2H3. The maximum atomic E-state index is 2.47. The van der Waals surface area contributed by atoms with Crippen molar-refractivity contribution in [2.24, 2.45) is 17.8 Å². The van der Waals surface area contributed by atoms with E-state index in [1.165, 1.54) is 69.8 Å². The molecule has 140 valence electrons. The molecule has 1 aromatic carbocycles. The van der Waals surface area contributed by atoms with Crippen LogP contribution >= 0.6 is 0 Å². The fourth-order valence-corrected chi connectivity index (χ4v) is 5.43. The summed E-state index contributed by atoms with van der Waals surface area (Å²) >= 11 is 0. The SMILES string of the molecule is CC1CCC(C2=CC=C(c3ccc(C4CCC(C)CC4)cc3)CC2)CC1. The molecular formula is C26H36. The Bertz CT molecular complexity index is 644. The highest BCUT2D eigenvalue weighted by Crippen LogP contribution is 2.39. The number of rotatable bonds is 3. The Morgan fingerprint density at radius 1 is 0.615 bits per heavy atom. The van der Waals surface area contributed by atoms with Crippen LogP contribution in [0.2, 0.25) is 0 Å². The first kappa shape index (κ1) is 18.1. The summed E-state index contributed by atoms with van der Waals surface area (Å²) < 4.78 is 0. The first-order chi connectivity index (χ1) is 12.7. The molecule has 26 heavy (non-hydrogen) atoms. The summed E-state index contributed by atoms with van der Waals surface area (Å²) in [7, 11) is 0. The zero-order chi connectivity index (χ0) is 17.9. The second-order valence-corrected chi connectivity index (χ2v) is 9.47. The Kier molecular flexibility index (Phi) is 5.67. The van der Waals surface area contributed by atoms with Crippen molar-refractivity contribution in [2.75, 3.05) is 0 Å². The second-order valence-electron chi connectivity index (χ2n) is 9.47. The highest BCUT2D eigenvalue weighted by Gasteiger charge is 2.23. The molecule has 0 aromatic heterocycles. The fourth-order valence-electron chi connectivity index (χ4n) is 5.43. The maximum absolute atomic E-state index is 2.47. The molecule has 0 heterocycles. The average molecular weight is 349 g/mol. The number of allylic oxidation sites excluding steroid dienone is 4. The van der Waals surface area contributed by atoms with Gasteiger partial charge in [0.25, 0.3) is 0 Å². The van der Waals surface area contributed by atoms with Gasteiger partial charge in [0.2, 0.25) is 0 Å². The molecule has 0 bridgehead atoms. The lowest BCUT2D eigenvalue weighted by Gasteiger charge is -2.30. The van der Waals surface area contributed by atoms with E-state index < -0.39 is 0 Å². The third-order valence-corrected chi connectivity index (χ3v) is 7.49. The summed E-state index contributed by atoms with van der Waals surface area (Å²) in [5, 5.41) is 0. The van der Waals surface area contributed by atoms with Gasteiger partial charge in [-0.05, 0) is 78.9 Å². The van der Waals surface area contributed by atoms with E-state index in [2.05, 4.69) is 50.3 Å². The van der Waals surface area contributed by atoms with Crippen LogP contribution in [0, 0.1) is 17.8 Å². The Labute approximate surface area is 160 Å². The first-order valence-corrected chi connectivity index (χ1v) is 11.2. The van der Waals surface area contributed by atoms with Crippen LogP contribution in [0.15, 0.2) is 42.0 Å². The van der Waals surface area contributed by atoms with Gasteiger partial charge in [-0.3, -0.25) is 0 Å². The van der Waals surface area contributed by atoms with Gasteiger partial charge in [0.05, 0.1) is 0 Å². The Balaban J connectivity index is 1.40. The Morgan fingerprint density at radius 3 is 1.73 bits per heavy atom. The van der Waals surface area contributed by atoms with Crippen LogP contribution in [0.1, 0.15) is 95.1 Å².